The lowest BCUT2D eigenvalue weighted by molar-refractivity contribution is -0.139. The number of rotatable bonds is 3. The van der Waals surface area contributed by atoms with Crippen molar-refractivity contribution in [1.82, 2.24) is 4.90 Å². The lowest BCUT2D eigenvalue weighted by Gasteiger charge is -2.29. The molecule has 0 aliphatic carbocycles. The first-order chi connectivity index (χ1) is 8.09. The third kappa shape index (κ3) is 2.87. The van der Waals surface area contributed by atoms with E-state index in [4.69, 9.17) is 0 Å². The van der Waals surface area contributed by atoms with Crippen molar-refractivity contribution in [3.63, 3.8) is 0 Å². The zero-order valence-corrected chi connectivity index (χ0v) is 10.8. The van der Waals surface area contributed by atoms with Crippen LogP contribution in [0.1, 0.15) is 32.3 Å². The van der Waals surface area contributed by atoms with E-state index in [9.17, 15) is 4.79 Å². The van der Waals surface area contributed by atoms with E-state index >= 15 is 0 Å². The van der Waals surface area contributed by atoms with Gasteiger partial charge in [-0.1, -0.05) is 44.2 Å². The minimum atomic E-state index is -0.286. The molecule has 1 fully saturated rings. The minimum absolute atomic E-state index is 0.286. The van der Waals surface area contributed by atoms with Crippen LogP contribution in [0.2, 0.25) is 0 Å². The summed E-state index contributed by atoms with van der Waals surface area (Å²) in [6.07, 6.45) is 3.14. The molecule has 0 bridgehead atoms. The number of hydrogen-bond acceptors (Lipinski definition) is 1. The van der Waals surface area contributed by atoms with E-state index < -0.39 is 0 Å². The summed E-state index contributed by atoms with van der Waals surface area (Å²) < 4.78 is 0. The molecule has 92 valence electrons. The van der Waals surface area contributed by atoms with Gasteiger partial charge in [-0.2, -0.15) is 0 Å². The third-order valence-electron chi connectivity index (χ3n) is 3.46. The molecule has 2 nitrogen and oxygen atoms in total. The first-order valence-electron chi connectivity index (χ1n) is 6.43. The Bertz CT molecular complexity index is 377. The van der Waals surface area contributed by atoms with E-state index in [-0.39, 0.29) is 5.41 Å². The second-order valence-corrected chi connectivity index (χ2v) is 5.55. The number of nitrogens with zero attached hydrogens (tertiary/aromatic N) is 1. The van der Waals surface area contributed by atoms with Gasteiger partial charge in [-0.25, -0.2) is 0 Å². The van der Waals surface area contributed by atoms with Crippen LogP contribution in [0, 0.1) is 5.41 Å². The predicted molar refractivity (Wildman–Crippen MR) is 69.7 cm³/mol. The first-order valence-corrected chi connectivity index (χ1v) is 6.43. The second kappa shape index (κ2) is 4.91. The van der Waals surface area contributed by atoms with Crippen LogP contribution in [0.4, 0.5) is 0 Å². The topological polar surface area (TPSA) is 20.3 Å². The molecule has 1 aromatic rings. The van der Waals surface area contributed by atoms with Gasteiger partial charge in [0.2, 0.25) is 5.91 Å². The predicted octanol–water partition coefficient (Wildman–Crippen LogP) is 2.88. The summed E-state index contributed by atoms with van der Waals surface area (Å²) >= 11 is 0. The molecule has 17 heavy (non-hydrogen) atoms. The average molecular weight is 231 g/mol. The SMILES string of the molecule is CC(C)(Cc1ccccc1)C(=O)N1CCCC1. The molecular weight excluding hydrogens is 210 g/mol. The Kier molecular flexibility index (Phi) is 3.51. The fraction of sp³-hybridized carbons (Fsp3) is 0.533. The third-order valence-corrected chi connectivity index (χ3v) is 3.46. The molecule has 2 rings (SSSR count). The largest absolute Gasteiger partial charge is 0.342 e. The van der Waals surface area contributed by atoms with Crippen molar-refractivity contribution >= 4 is 5.91 Å². The van der Waals surface area contributed by atoms with Crippen LogP contribution in [-0.2, 0) is 11.2 Å². The van der Waals surface area contributed by atoms with E-state index in [0.717, 1.165) is 32.4 Å². The van der Waals surface area contributed by atoms with Gasteiger partial charge in [-0.15, -0.1) is 0 Å². The molecule has 0 spiro atoms. The van der Waals surface area contributed by atoms with Crippen molar-refractivity contribution in [2.45, 2.75) is 33.1 Å². The summed E-state index contributed by atoms with van der Waals surface area (Å²) in [5.74, 6) is 0.304. The van der Waals surface area contributed by atoms with Gasteiger partial charge in [0, 0.05) is 18.5 Å². The smallest absolute Gasteiger partial charge is 0.228 e. The summed E-state index contributed by atoms with van der Waals surface area (Å²) in [5.41, 5.74) is 0.955. The summed E-state index contributed by atoms with van der Waals surface area (Å²) in [7, 11) is 0. The molecule has 0 radical (unpaired) electrons. The summed E-state index contributed by atoms with van der Waals surface area (Å²) in [5, 5.41) is 0. The maximum absolute atomic E-state index is 12.4. The Balaban J connectivity index is 2.05. The molecular formula is C15H21NO. The lowest BCUT2D eigenvalue weighted by Crippen LogP contribution is -2.40. The normalized spacial score (nSPS) is 16.2. The quantitative estimate of drug-likeness (QED) is 0.783. The minimum Gasteiger partial charge on any atom is -0.342 e. The number of hydrogen-bond donors (Lipinski definition) is 0. The van der Waals surface area contributed by atoms with Gasteiger partial charge in [-0.3, -0.25) is 4.79 Å². The number of carbonyl (C=O) groups excluding carboxylic acids is 1. The number of likely N-dealkylation sites (tertiary alicyclic amines) is 1. The molecule has 1 amide bonds. The van der Waals surface area contributed by atoms with Gasteiger partial charge in [0.05, 0.1) is 0 Å². The Morgan fingerprint density at radius 3 is 2.35 bits per heavy atom. The zero-order chi connectivity index (χ0) is 12.3. The Morgan fingerprint density at radius 1 is 1.18 bits per heavy atom. The van der Waals surface area contributed by atoms with E-state index in [1.54, 1.807) is 0 Å². The molecule has 0 unspecified atom stereocenters. The van der Waals surface area contributed by atoms with Crippen molar-refractivity contribution in [2.24, 2.45) is 5.41 Å². The number of amides is 1. The van der Waals surface area contributed by atoms with Crippen LogP contribution in [-0.4, -0.2) is 23.9 Å². The Hall–Kier alpha value is -1.31. The molecule has 0 atom stereocenters. The molecule has 1 saturated heterocycles. The molecule has 0 saturated carbocycles. The zero-order valence-electron chi connectivity index (χ0n) is 10.8. The molecule has 0 aromatic heterocycles. The van der Waals surface area contributed by atoms with Gasteiger partial charge < -0.3 is 4.90 Å². The molecule has 0 N–H and O–H groups in total. The number of carbonyl (C=O) groups is 1. The number of benzene rings is 1. The van der Waals surface area contributed by atoms with E-state index in [2.05, 4.69) is 26.0 Å². The van der Waals surface area contributed by atoms with E-state index in [1.807, 2.05) is 23.1 Å². The van der Waals surface area contributed by atoms with Gasteiger partial charge in [0.1, 0.15) is 0 Å². The highest BCUT2D eigenvalue weighted by Gasteiger charge is 2.33. The van der Waals surface area contributed by atoms with E-state index in [1.165, 1.54) is 5.56 Å². The van der Waals surface area contributed by atoms with Crippen LogP contribution < -0.4 is 0 Å². The maximum Gasteiger partial charge on any atom is 0.228 e. The van der Waals surface area contributed by atoms with Crippen LogP contribution in [0.5, 0.6) is 0 Å². The van der Waals surface area contributed by atoms with Crippen molar-refractivity contribution in [1.29, 1.82) is 0 Å². The second-order valence-electron chi connectivity index (χ2n) is 5.55. The van der Waals surface area contributed by atoms with Gasteiger partial charge in [0.15, 0.2) is 0 Å². The highest BCUT2D eigenvalue weighted by atomic mass is 16.2. The molecule has 1 heterocycles. The molecule has 1 aromatic carbocycles. The summed E-state index contributed by atoms with van der Waals surface area (Å²) in [4.78, 5) is 14.4. The fourth-order valence-corrected chi connectivity index (χ4v) is 2.53. The Morgan fingerprint density at radius 2 is 1.76 bits per heavy atom. The van der Waals surface area contributed by atoms with Crippen molar-refractivity contribution in [3.05, 3.63) is 35.9 Å². The summed E-state index contributed by atoms with van der Waals surface area (Å²) in [6, 6.07) is 10.3. The first kappa shape index (κ1) is 12.2. The maximum atomic E-state index is 12.4. The van der Waals surface area contributed by atoms with Crippen molar-refractivity contribution in [2.75, 3.05) is 13.1 Å². The van der Waals surface area contributed by atoms with E-state index in [0.29, 0.717) is 5.91 Å². The standard InChI is InChI=1S/C15H21NO/c1-15(2,12-13-8-4-3-5-9-13)14(17)16-10-6-7-11-16/h3-5,8-9H,6-7,10-12H2,1-2H3. The highest BCUT2D eigenvalue weighted by Crippen LogP contribution is 2.26. The van der Waals surface area contributed by atoms with Gasteiger partial charge in [-0.05, 0) is 24.8 Å². The van der Waals surface area contributed by atoms with Crippen LogP contribution in [0.15, 0.2) is 30.3 Å². The molecule has 1 aliphatic heterocycles. The highest BCUT2D eigenvalue weighted by molar-refractivity contribution is 5.82. The van der Waals surface area contributed by atoms with Gasteiger partial charge in [0.25, 0.3) is 0 Å². The average Bonchev–Trinajstić information content (AvgIpc) is 2.82. The lowest BCUT2D eigenvalue weighted by atomic mass is 9.84. The monoisotopic (exact) mass is 231 g/mol. The molecule has 2 heteroatoms. The molecule has 1 aliphatic rings. The van der Waals surface area contributed by atoms with Gasteiger partial charge >= 0.3 is 0 Å². The van der Waals surface area contributed by atoms with Crippen molar-refractivity contribution in [3.8, 4) is 0 Å². The van der Waals surface area contributed by atoms with Crippen molar-refractivity contribution < 1.29 is 4.79 Å². The summed E-state index contributed by atoms with van der Waals surface area (Å²) in [6.45, 7) is 6.00. The fourth-order valence-electron chi connectivity index (χ4n) is 2.53. The van der Waals surface area contributed by atoms with Crippen LogP contribution in [0.25, 0.3) is 0 Å². The Labute approximate surface area is 104 Å². The van der Waals surface area contributed by atoms with Crippen LogP contribution in [0.3, 0.4) is 0 Å². The van der Waals surface area contributed by atoms with Crippen LogP contribution >= 0.6 is 0 Å².